The molecule has 2 unspecified atom stereocenters. The zero-order valence-electron chi connectivity index (χ0n) is 17.6. The lowest BCUT2D eigenvalue weighted by molar-refractivity contribution is -0.130. The van der Waals surface area contributed by atoms with Crippen LogP contribution in [0.2, 0.25) is 0 Å². The topological polar surface area (TPSA) is 97.0 Å². The Morgan fingerprint density at radius 3 is 2.76 bits per heavy atom. The molecule has 156 valence electrons. The van der Waals surface area contributed by atoms with Crippen LogP contribution < -0.4 is 15.8 Å². The summed E-state index contributed by atoms with van der Waals surface area (Å²) in [6, 6.07) is 7.78. The summed E-state index contributed by atoms with van der Waals surface area (Å²) in [5.41, 5.74) is 6.23. The van der Waals surface area contributed by atoms with Crippen molar-refractivity contribution in [2.45, 2.75) is 64.1 Å². The minimum atomic E-state index is -0.457. The third-order valence-electron chi connectivity index (χ3n) is 5.95. The molecule has 2 heterocycles. The molecule has 29 heavy (non-hydrogen) atoms. The van der Waals surface area contributed by atoms with Gasteiger partial charge in [0.15, 0.2) is 5.96 Å². The van der Waals surface area contributed by atoms with Crippen LogP contribution in [0.1, 0.15) is 58.6 Å². The molecule has 3 N–H and O–H groups in total. The highest BCUT2D eigenvalue weighted by Gasteiger charge is 2.47. The van der Waals surface area contributed by atoms with Gasteiger partial charge in [-0.25, -0.2) is 4.99 Å². The molecule has 1 aromatic rings. The summed E-state index contributed by atoms with van der Waals surface area (Å²) in [6.45, 7) is 8.32. The van der Waals surface area contributed by atoms with E-state index in [4.69, 9.17) is 10.5 Å². The van der Waals surface area contributed by atoms with E-state index in [-0.39, 0.29) is 41.3 Å². The Labute approximate surface area is 171 Å². The first-order valence-electron chi connectivity index (χ1n) is 10.3. The van der Waals surface area contributed by atoms with E-state index in [9.17, 15) is 9.59 Å². The van der Waals surface area contributed by atoms with E-state index < -0.39 is 5.54 Å². The first-order valence-corrected chi connectivity index (χ1v) is 10.3. The molecule has 1 aliphatic carbocycles. The van der Waals surface area contributed by atoms with Gasteiger partial charge in [0.25, 0.3) is 0 Å². The van der Waals surface area contributed by atoms with Gasteiger partial charge in [-0.1, -0.05) is 18.2 Å². The van der Waals surface area contributed by atoms with E-state index in [1.54, 1.807) is 0 Å². The number of amides is 2. The summed E-state index contributed by atoms with van der Waals surface area (Å²) in [5.74, 6) is 1.13. The first-order chi connectivity index (χ1) is 13.5. The number of carbonyl (C=O) groups is 2. The fraction of sp³-hybridized carbons (Fsp3) is 0.591. The smallest absolute Gasteiger partial charge is 0.231 e. The van der Waals surface area contributed by atoms with Crippen molar-refractivity contribution in [3.05, 3.63) is 29.8 Å². The Bertz CT molecular complexity index is 877. The van der Waals surface area contributed by atoms with Crippen LogP contribution >= 0.6 is 0 Å². The fourth-order valence-corrected chi connectivity index (χ4v) is 4.41. The Morgan fingerprint density at radius 1 is 1.31 bits per heavy atom. The predicted octanol–water partition coefficient (Wildman–Crippen LogP) is 2.37. The highest BCUT2D eigenvalue weighted by molar-refractivity contribution is 5.99. The maximum absolute atomic E-state index is 12.9. The molecule has 1 fully saturated rings. The number of nitrogens with two attached hydrogens (primary N) is 1. The van der Waals surface area contributed by atoms with Crippen LogP contribution in [0.15, 0.2) is 29.3 Å². The van der Waals surface area contributed by atoms with E-state index in [2.05, 4.69) is 10.3 Å². The standard InChI is InChI=1S/C22H30N4O3/c1-21(2)11-18(27)26(20(23)25-21)12-13-9-15(13)19(28)24-16-10-22(3,4)29-17-8-6-5-7-14(16)17/h5-8,13,15-16H,9-12H2,1-4H3,(H2,23,25)(H,24,28)/t13-,15?,16?/m1/s1. The average Bonchev–Trinajstić information content (AvgIpc) is 3.36. The van der Waals surface area contributed by atoms with Crippen molar-refractivity contribution in [3.63, 3.8) is 0 Å². The number of aliphatic imine (C=N–C) groups is 1. The number of benzene rings is 1. The molecule has 4 rings (SSSR count). The fourth-order valence-electron chi connectivity index (χ4n) is 4.41. The minimum absolute atomic E-state index is 0.0198. The summed E-state index contributed by atoms with van der Waals surface area (Å²) < 4.78 is 6.05. The van der Waals surface area contributed by atoms with Gasteiger partial charge in [-0.3, -0.25) is 14.5 Å². The summed E-state index contributed by atoms with van der Waals surface area (Å²) in [7, 11) is 0. The molecule has 1 aromatic carbocycles. The molecular weight excluding hydrogens is 368 g/mol. The zero-order chi connectivity index (χ0) is 21.0. The van der Waals surface area contributed by atoms with Gasteiger partial charge in [0.1, 0.15) is 11.4 Å². The van der Waals surface area contributed by atoms with E-state index in [0.29, 0.717) is 19.4 Å². The third kappa shape index (κ3) is 4.09. The SMILES string of the molecule is CC1(C)CC(=O)N(C[C@H]2CC2C(=O)NC2CC(C)(C)Oc3ccccc32)C(N)=N1. The Balaban J connectivity index is 1.40. The third-order valence-corrected chi connectivity index (χ3v) is 5.95. The molecular formula is C22H30N4O3. The number of hydrogen-bond acceptors (Lipinski definition) is 5. The predicted molar refractivity (Wildman–Crippen MR) is 110 cm³/mol. The second kappa shape index (κ2) is 6.75. The summed E-state index contributed by atoms with van der Waals surface area (Å²) in [4.78, 5) is 31.3. The zero-order valence-corrected chi connectivity index (χ0v) is 17.6. The van der Waals surface area contributed by atoms with Crippen molar-refractivity contribution in [2.75, 3.05) is 6.54 Å². The Hall–Kier alpha value is -2.57. The molecule has 7 nitrogen and oxygen atoms in total. The van der Waals surface area contributed by atoms with Crippen molar-refractivity contribution in [1.82, 2.24) is 10.2 Å². The molecule has 7 heteroatoms. The minimum Gasteiger partial charge on any atom is -0.487 e. The maximum Gasteiger partial charge on any atom is 0.231 e. The maximum atomic E-state index is 12.9. The lowest BCUT2D eigenvalue weighted by Crippen LogP contribution is -2.50. The monoisotopic (exact) mass is 398 g/mol. The Morgan fingerprint density at radius 2 is 2.03 bits per heavy atom. The van der Waals surface area contributed by atoms with Crippen molar-refractivity contribution >= 4 is 17.8 Å². The molecule has 0 spiro atoms. The van der Waals surface area contributed by atoms with Crippen LogP contribution in [0.5, 0.6) is 5.75 Å². The summed E-state index contributed by atoms with van der Waals surface area (Å²) in [6.07, 6.45) is 1.82. The summed E-state index contributed by atoms with van der Waals surface area (Å²) in [5, 5.41) is 3.21. The summed E-state index contributed by atoms with van der Waals surface area (Å²) >= 11 is 0. The van der Waals surface area contributed by atoms with E-state index in [0.717, 1.165) is 17.7 Å². The van der Waals surface area contributed by atoms with Gasteiger partial charge in [0.05, 0.1) is 18.0 Å². The molecule has 3 aliphatic rings. The van der Waals surface area contributed by atoms with Gasteiger partial charge < -0.3 is 15.8 Å². The molecule has 2 amide bonds. The first kappa shape index (κ1) is 19.7. The van der Waals surface area contributed by atoms with Crippen molar-refractivity contribution in [2.24, 2.45) is 22.6 Å². The van der Waals surface area contributed by atoms with Crippen LogP contribution in [0.25, 0.3) is 0 Å². The molecule has 0 bridgehead atoms. The molecule has 0 radical (unpaired) electrons. The van der Waals surface area contributed by atoms with Crippen molar-refractivity contribution < 1.29 is 14.3 Å². The number of guanidine groups is 1. The van der Waals surface area contributed by atoms with Gasteiger partial charge in [-0.05, 0) is 46.1 Å². The second-order valence-electron chi connectivity index (χ2n) is 9.73. The Kier molecular flexibility index (Phi) is 4.59. The van der Waals surface area contributed by atoms with E-state index in [1.807, 2.05) is 52.0 Å². The number of rotatable bonds is 4. The number of nitrogens with zero attached hydrogens (tertiary/aromatic N) is 2. The van der Waals surface area contributed by atoms with Gasteiger partial charge >= 0.3 is 0 Å². The van der Waals surface area contributed by atoms with E-state index in [1.165, 1.54) is 4.90 Å². The quantitative estimate of drug-likeness (QED) is 0.814. The molecule has 1 saturated carbocycles. The van der Waals surface area contributed by atoms with Gasteiger partial charge in [-0.15, -0.1) is 0 Å². The van der Waals surface area contributed by atoms with E-state index >= 15 is 0 Å². The average molecular weight is 399 g/mol. The number of carbonyl (C=O) groups excluding carboxylic acids is 2. The molecule has 3 atom stereocenters. The van der Waals surface area contributed by atoms with Crippen molar-refractivity contribution in [3.8, 4) is 5.75 Å². The molecule has 0 saturated heterocycles. The van der Waals surface area contributed by atoms with Crippen LogP contribution in [0.4, 0.5) is 0 Å². The number of hydrogen-bond donors (Lipinski definition) is 2. The molecule has 0 aromatic heterocycles. The van der Waals surface area contributed by atoms with Crippen molar-refractivity contribution in [1.29, 1.82) is 0 Å². The van der Waals surface area contributed by atoms with Crippen LogP contribution in [0, 0.1) is 11.8 Å². The van der Waals surface area contributed by atoms with Gasteiger partial charge in [0, 0.05) is 24.4 Å². The lowest BCUT2D eigenvalue weighted by atomic mass is 9.89. The number of nitrogens with one attached hydrogen (secondary N) is 1. The number of ether oxygens (including phenoxy) is 1. The van der Waals surface area contributed by atoms with Crippen LogP contribution in [-0.2, 0) is 9.59 Å². The number of para-hydroxylation sites is 1. The van der Waals surface area contributed by atoms with Gasteiger partial charge in [0.2, 0.25) is 11.8 Å². The molecule has 2 aliphatic heterocycles. The van der Waals surface area contributed by atoms with Crippen LogP contribution in [-0.4, -0.2) is 40.4 Å². The second-order valence-corrected chi connectivity index (χ2v) is 9.73. The normalized spacial score (nSPS) is 29.4. The van der Waals surface area contributed by atoms with Crippen LogP contribution in [0.3, 0.4) is 0 Å². The highest BCUT2D eigenvalue weighted by Crippen LogP contribution is 2.43. The largest absolute Gasteiger partial charge is 0.487 e. The lowest BCUT2D eigenvalue weighted by Gasteiger charge is -2.38. The highest BCUT2D eigenvalue weighted by atomic mass is 16.5. The number of fused-ring (bicyclic) bond motifs is 1. The van der Waals surface area contributed by atoms with Gasteiger partial charge in [-0.2, -0.15) is 0 Å².